The molecular formula is C11H13FO2. The SMILES string of the molecule is CCC(F)(Cc1ccccc1)C(=O)O. The fourth-order valence-corrected chi connectivity index (χ4v) is 1.27. The summed E-state index contributed by atoms with van der Waals surface area (Å²) in [4.78, 5) is 10.7. The molecule has 0 aliphatic heterocycles. The molecule has 1 aromatic carbocycles. The van der Waals surface area contributed by atoms with E-state index in [0.717, 1.165) is 0 Å². The number of carboxylic acids is 1. The molecule has 0 spiro atoms. The summed E-state index contributed by atoms with van der Waals surface area (Å²) in [5.74, 6) is -1.39. The molecule has 0 saturated carbocycles. The highest BCUT2D eigenvalue weighted by Crippen LogP contribution is 2.22. The van der Waals surface area contributed by atoms with E-state index in [2.05, 4.69) is 0 Å². The Morgan fingerprint density at radius 2 is 2.00 bits per heavy atom. The molecule has 2 nitrogen and oxygen atoms in total. The topological polar surface area (TPSA) is 37.3 Å². The number of hydrogen-bond acceptors (Lipinski definition) is 1. The van der Waals surface area contributed by atoms with Gasteiger partial charge in [-0.3, -0.25) is 0 Å². The maximum absolute atomic E-state index is 13.7. The smallest absolute Gasteiger partial charge is 0.341 e. The molecule has 3 heteroatoms. The summed E-state index contributed by atoms with van der Waals surface area (Å²) in [6, 6.07) is 8.82. The van der Waals surface area contributed by atoms with Crippen molar-refractivity contribution in [2.24, 2.45) is 0 Å². The Kier molecular flexibility index (Phi) is 3.23. The fourth-order valence-electron chi connectivity index (χ4n) is 1.27. The number of rotatable bonds is 4. The molecule has 1 N–H and O–H groups in total. The minimum absolute atomic E-state index is 0.0166. The van der Waals surface area contributed by atoms with E-state index in [0.29, 0.717) is 5.56 Å². The summed E-state index contributed by atoms with van der Waals surface area (Å²) >= 11 is 0. The molecule has 0 radical (unpaired) electrons. The minimum atomic E-state index is -2.14. The van der Waals surface area contributed by atoms with Crippen LogP contribution >= 0.6 is 0 Å². The molecule has 0 saturated heterocycles. The van der Waals surface area contributed by atoms with E-state index in [9.17, 15) is 9.18 Å². The van der Waals surface area contributed by atoms with E-state index in [4.69, 9.17) is 5.11 Å². The number of carbonyl (C=O) groups is 1. The second-order valence-corrected chi connectivity index (χ2v) is 3.29. The standard InChI is InChI=1S/C11H13FO2/c1-2-11(12,10(13)14)8-9-6-4-3-5-7-9/h3-7H,2,8H2,1H3,(H,13,14). The average Bonchev–Trinajstić information content (AvgIpc) is 2.19. The highest BCUT2D eigenvalue weighted by Gasteiger charge is 2.36. The Bertz CT molecular complexity index is 310. The van der Waals surface area contributed by atoms with Gasteiger partial charge in [-0.1, -0.05) is 37.3 Å². The molecule has 14 heavy (non-hydrogen) atoms. The largest absolute Gasteiger partial charge is 0.479 e. The summed E-state index contributed by atoms with van der Waals surface area (Å²) in [7, 11) is 0. The van der Waals surface area contributed by atoms with Gasteiger partial charge in [0.05, 0.1) is 0 Å². The Morgan fingerprint density at radius 3 is 2.43 bits per heavy atom. The molecule has 0 aliphatic carbocycles. The lowest BCUT2D eigenvalue weighted by Gasteiger charge is -2.18. The van der Waals surface area contributed by atoms with Gasteiger partial charge in [-0.15, -0.1) is 0 Å². The zero-order chi connectivity index (χ0) is 10.6. The normalized spacial score (nSPS) is 14.7. The molecule has 1 aromatic rings. The second kappa shape index (κ2) is 4.22. The summed E-state index contributed by atoms with van der Waals surface area (Å²) in [6.45, 7) is 1.54. The fraction of sp³-hybridized carbons (Fsp3) is 0.364. The number of aliphatic carboxylic acids is 1. The van der Waals surface area contributed by atoms with Crippen LogP contribution in [-0.2, 0) is 11.2 Å². The Morgan fingerprint density at radius 1 is 1.43 bits per heavy atom. The van der Waals surface area contributed by atoms with Crippen LogP contribution in [0.5, 0.6) is 0 Å². The van der Waals surface area contributed by atoms with Gasteiger partial charge < -0.3 is 5.11 Å². The van der Waals surface area contributed by atoms with Crippen molar-refractivity contribution in [2.45, 2.75) is 25.4 Å². The lowest BCUT2D eigenvalue weighted by Crippen LogP contribution is -2.35. The van der Waals surface area contributed by atoms with Gasteiger partial charge in [0.2, 0.25) is 5.67 Å². The molecule has 0 fully saturated rings. The van der Waals surface area contributed by atoms with Crippen molar-refractivity contribution in [2.75, 3.05) is 0 Å². The Balaban J connectivity index is 2.81. The van der Waals surface area contributed by atoms with E-state index in [1.54, 1.807) is 24.3 Å². The van der Waals surface area contributed by atoms with Crippen molar-refractivity contribution in [1.29, 1.82) is 0 Å². The predicted molar refractivity (Wildman–Crippen MR) is 51.9 cm³/mol. The maximum Gasteiger partial charge on any atom is 0.341 e. The van der Waals surface area contributed by atoms with Crippen LogP contribution in [0.1, 0.15) is 18.9 Å². The first-order valence-corrected chi connectivity index (χ1v) is 4.55. The summed E-state index contributed by atoms with van der Waals surface area (Å²) in [5, 5.41) is 8.72. The van der Waals surface area contributed by atoms with Crippen molar-refractivity contribution in [3.63, 3.8) is 0 Å². The minimum Gasteiger partial charge on any atom is -0.479 e. The van der Waals surface area contributed by atoms with E-state index in [-0.39, 0.29) is 12.8 Å². The van der Waals surface area contributed by atoms with E-state index >= 15 is 0 Å². The highest BCUT2D eigenvalue weighted by atomic mass is 19.1. The third kappa shape index (κ3) is 2.31. The van der Waals surface area contributed by atoms with Crippen molar-refractivity contribution in [3.05, 3.63) is 35.9 Å². The van der Waals surface area contributed by atoms with Gasteiger partial charge in [0, 0.05) is 6.42 Å². The zero-order valence-electron chi connectivity index (χ0n) is 8.03. The maximum atomic E-state index is 13.7. The quantitative estimate of drug-likeness (QED) is 0.803. The molecule has 0 bridgehead atoms. The molecule has 0 aliphatic rings. The Hall–Kier alpha value is -1.38. The molecule has 1 unspecified atom stereocenters. The van der Waals surface area contributed by atoms with E-state index in [1.807, 2.05) is 6.07 Å². The predicted octanol–water partition coefficient (Wildman–Crippen LogP) is 2.43. The highest BCUT2D eigenvalue weighted by molar-refractivity contribution is 5.77. The third-order valence-corrected chi connectivity index (χ3v) is 2.27. The third-order valence-electron chi connectivity index (χ3n) is 2.27. The van der Waals surface area contributed by atoms with Crippen LogP contribution in [0.3, 0.4) is 0 Å². The van der Waals surface area contributed by atoms with Crippen LogP contribution < -0.4 is 0 Å². The van der Waals surface area contributed by atoms with Gasteiger partial charge >= 0.3 is 5.97 Å². The molecule has 0 heterocycles. The summed E-state index contributed by atoms with van der Waals surface area (Å²) in [5.41, 5.74) is -1.43. The average molecular weight is 196 g/mol. The van der Waals surface area contributed by atoms with Gasteiger partial charge in [0.1, 0.15) is 0 Å². The molecule has 0 aromatic heterocycles. The van der Waals surface area contributed by atoms with Crippen molar-refractivity contribution >= 4 is 5.97 Å². The van der Waals surface area contributed by atoms with E-state index < -0.39 is 11.6 Å². The molecule has 76 valence electrons. The van der Waals surface area contributed by atoms with Crippen LogP contribution in [0.15, 0.2) is 30.3 Å². The zero-order valence-corrected chi connectivity index (χ0v) is 8.03. The summed E-state index contributed by atoms with van der Waals surface area (Å²) < 4.78 is 13.7. The van der Waals surface area contributed by atoms with Gasteiger partial charge in [0.25, 0.3) is 0 Å². The second-order valence-electron chi connectivity index (χ2n) is 3.29. The Labute approximate surface area is 82.4 Å². The van der Waals surface area contributed by atoms with Gasteiger partial charge in [-0.25, -0.2) is 9.18 Å². The van der Waals surface area contributed by atoms with Crippen molar-refractivity contribution in [1.82, 2.24) is 0 Å². The van der Waals surface area contributed by atoms with Gasteiger partial charge in [-0.05, 0) is 12.0 Å². The first-order valence-electron chi connectivity index (χ1n) is 4.55. The number of alkyl halides is 1. The summed E-state index contributed by atoms with van der Waals surface area (Å²) in [6.07, 6.45) is -0.0864. The van der Waals surface area contributed by atoms with Gasteiger partial charge in [-0.2, -0.15) is 0 Å². The number of halogens is 1. The number of hydrogen-bond donors (Lipinski definition) is 1. The van der Waals surface area contributed by atoms with E-state index in [1.165, 1.54) is 6.92 Å². The van der Waals surface area contributed by atoms with Gasteiger partial charge in [0.15, 0.2) is 0 Å². The monoisotopic (exact) mass is 196 g/mol. The van der Waals surface area contributed by atoms with Crippen LogP contribution in [-0.4, -0.2) is 16.7 Å². The lowest BCUT2D eigenvalue weighted by atomic mass is 9.94. The molecule has 1 rings (SSSR count). The lowest BCUT2D eigenvalue weighted by molar-refractivity contribution is -0.151. The van der Waals surface area contributed by atoms with Crippen molar-refractivity contribution in [3.8, 4) is 0 Å². The van der Waals surface area contributed by atoms with Crippen molar-refractivity contribution < 1.29 is 14.3 Å². The first kappa shape index (κ1) is 10.7. The van der Waals surface area contributed by atoms with Crippen LogP contribution in [0.25, 0.3) is 0 Å². The van der Waals surface area contributed by atoms with Crippen LogP contribution in [0, 0.1) is 0 Å². The van der Waals surface area contributed by atoms with Crippen LogP contribution in [0.4, 0.5) is 4.39 Å². The number of carboxylic acid groups (broad SMARTS) is 1. The molecule has 1 atom stereocenters. The molecular weight excluding hydrogens is 183 g/mol. The van der Waals surface area contributed by atoms with Crippen LogP contribution in [0.2, 0.25) is 0 Å². The number of benzene rings is 1. The molecule has 0 amide bonds. The first-order chi connectivity index (χ1) is 6.58.